The van der Waals surface area contributed by atoms with Crippen LogP contribution in [0.4, 0.5) is 5.69 Å². The Kier molecular flexibility index (Phi) is 4.53. The van der Waals surface area contributed by atoms with Crippen LogP contribution in [0.1, 0.15) is 10.5 Å². The summed E-state index contributed by atoms with van der Waals surface area (Å²) in [7, 11) is 0. The maximum absolute atomic E-state index is 10.9. The van der Waals surface area contributed by atoms with Crippen molar-refractivity contribution in [2.75, 3.05) is 18.1 Å². The van der Waals surface area contributed by atoms with Crippen molar-refractivity contribution in [3.63, 3.8) is 0 Å². The van der Waals surface area contributed by atoms with Gasteiger partial charge in [-0.2, -0.15) is 0 Å². The highest BCUT2D eigenvalue weighted by atomic mass is 32.2. The summed E-state index contributed by atoms with van der Waals surface area (Å²) in [4.78, 5) is 14.8. The number of hydrogen-bond donors (Lipinski definition) is 4. The van der Waals surface area contributed by atoms with E-state index in [2.05, 4.69) is 4.98 Å². The van der Waals surface area contributed by atoms with Crippen LogP contribution in [-0.2, 0) is 0 Å². The smallest absolute Gasteiger partial charge is 0.267 e. The van der Waals surface area contributed by atoms with Crippen LogP contribution in [0.3, 0.4) is 0 Å². The van der Waals surface area contributed by atoms with Crippen molar-refractivity contribution >= 4 is 23.4 Å². The van der Waals surface area contributed by atoms with Crippen molar-refractivity contribution in [2.45, 2.75) is 11.1 Å². The first kappa shape index (κ1) is 12.8. The van der Waals surface area contributed by atoms with E-state index in [1.165, 1.54) is 12.1 Å². The minimum Gasteiger partial charge on any atom is -0.397 e. The van der Waals surface area contributed by atoms with Crippen molar-refractivity contribution in [1.82, 2.24) is 4.98 Å². The summed E-state index contributed by atoms with van der Waals surface area (Å²) in [6.07, 6.45) is -0.844. The van der Waals surface area contributed by atoms with Gasteiger partial charge >= 0.3 is 0 Å². The van der Waals surface area contributed by atoms with E-state index in [0.29, 0.717) is 10.7 Å². The van der Waals surface area contributed by atoms with E-state index in [4.69, 9.17) is 21.7 Å². The number of aromatic nitrogens is 1. The molecule has 0 radical (unpaired) electrons. The molecule has 1 aromatic heterocycles. The number of primary amides is 1. The van der Waals surface area contributed by atoms with E-state index in [-0.39, 0.29) is 18.1 Å². The third-order valence-electron chi connectivity index (χ3n) is 1.77. The van der Waals surface area contributed by atoms with Gasteiger partial charge in [-0.1, -0.05) is 0 Å². The largest absolute Gasteiger partial charge is 0.397 e. The van der Waals surface area contributed by atoms with Gasteiger partial charge in [-0.3, -0.25) is 4.79 Å². The highest BCUT2D eigenvalue weighted by molar-refractivity contribution is 7.99. The Balaban J connectivity index is 2.78. The van der Waals surface area contributed by atoms with Crippen LogP contribution < -0.4 is 11.5 Å². The second kappa shape index (κ2) is 5.69. The number of anilines is 1. The van der Waals surface area contributed by atoms with Gasteiger partial charge in [0.2, 0.25) is 0 Å². The fourth-order valence-corrected chi connectivity index (χ4v) is 1.79. The van der Waals surface area contributed by atoms with Gasteiger partial charge in [-0.25, -0.2) is 4.98 Å². The molecule has 1 aromatic rings. The van der Waals surface area contributed by atoms with Crippen molar-refractivity contribution in [3.05, 3.63) is 17.8 Å². The number of aliphatic hydroxyl groups excluding tert-OH is 2. The Morgan fingerprint density at radius 3 is 2.81 bits per heavy atom. The number of nitrogens with two attached hydrogens (primary N) is 2. The lowest BCUT2D eigenvalue weighted by atomic mass is 10.3. The summed E-state index contributed by atoms with van der Waals surface area (Å²) in [6.45, 7) is -0.331. The predicted octanol–water partition coefficient (Wildman–Crippen LogP) is -0.792. The summed E-state index contributed by atoms with van der Waals surface area (Å²) in [5, 5.41) is 18.2. The molecule has 1 atom stereocenters. The Labute approximate surface area is 96.7 Å². The molecule has 16 heavy (non-hydrogen) atoms. The zero-order chi connectivity index (χ0) is 12.1. The first-order valence-electron chi connectivity index (χ1n) is 4.52. The average Bonchev–Trinajstić information content (AvgIpc) is 2.27. The van der Waals surface area contributed by atoms with Crippen molar-refractivity contribution in [2.24, 2.45) is 5.73 Å². The minimum absolute atomic E-state index is 0.121. The van der Waals surface area contributed by atoms with Gasteiger partial charge < -0.3 is 21.7 Å². The van der Waals surface area contributed by atoms with Crippen LogP contribution in [0.15, 0.2) is 17.2 Å². The molecule has 0 saturated carbocycles. The van der Waals surface area contributed by atoms with E-state index in [0.717, 1.165) is 11.8 Å². The molecule has 6 N–H and O–H groups in total. The van der Waals surface area contributed by atoms with Gasteiger partial charge in [-0.05, 0) is 12.1 Å². The van der Waals surface area contributed by atoms with Crippen LogP contribution in [0.25, 0.3) is 0 Å². The molecule has 0 spiro atoms. The average molecular weight is 243 g/mol. The Morgan fingerprint density at radius 1 is 1.56 bits per heavy atom. The number of nitrogens with zero attached hydrogens (tertiary/aromatic N) is 1. The molecule has 0 aliphatic carbocycles. The summed E-state index contributed by atoms with van der Waals surface area (Å²) in [6, 6.07) is 2.96. The number of hydrogen-bond acceptors (Lipinski definition) is 6. The normalized spacial score (nSPS) is 12.4. The summed E-state index contributed by atoms with van der Waals surface area (Å²) in [5.41, 5.74) is 11.2. The first-order valence-corrected chi connectivity index (χ1v) is 5.51. The summed E-state index contributed by atoms with van der Waals surface area (Å²) in [5.74, 6) is -0.389. The standard InChI is InChI=1S/C9H13N3O3S/c10-6-1-2-7(8(11)15)12-9(6)16-4-5(14)3-13/h1-2,5,13-14H,3-4,10H2,(H2,11,15). The van der Waals surface area contributed by atoms with Gasteiger partial charge in [0, 0.05) is 5.75 Å². The molecular formula is C9H13N3O3S. The molecule has 1 unspecified atom stereocenters. The van der Waals surface area contributed by atoms with E-state index in [1.54, 1.807) is 0 Å². The molecule has 0 aliphatic rings. The summed E-state index contributed by atoms with van der Waals surface area (Å²) >= 11 is 1.16. The number of carbonyl (C=O) groups is 1. The van der Waals surface area contributed by atoms with Crippen LogP contribution in [-0.4, -0.2) is 39.6 Å². The van der Waals surface area contributed by atoms with Gasteiger partial charge in [0.05, 0.1) is 18.4 Å². The first-order chi connectivity index (χ1) is 7.54. The lowest BCUT2D eigenvalue weighted by molar-refractivity contribution is 0.0995. The van der Waals surface area contributed by atoms with Crippen LogP contribution in [0, 0.1) is 0 Å². The highest BCUT2D eigenvalue weighted by Crippen LogP contribution is 2.23. The molecule has 1 rings (SSSR count). The molecule has 0 aliphatic heterocycles. The number of rotatable bonds is 5. The third-order valence-corrected chi connectivity index (χ3v) is 2.92. The van der Waals surface area contributed by atoms with Crippen LogP contribution in [0.5, 0.6) is 0 Å². The molecule has 1 amide bonds. The van der Waals surface area contributed by atoms with Crippen LogP contribution >= 0.6 is 11.8 Å². The molecule has 0 bridgehead atoms. The Bertz CT molecular complexity index is 386. The fourth-order valence-electron chi connectivity index (χ4n) is 0.932. The molecule has 0 saturated heterocycles. The number of carbonyl (C=O) groups excluding carboxylic acids is 1. The zero-order valence-electron chi connectivity index (χ0n) is 8.46. The number of pyridine rings is 1. The molecule has 88 valence electrons. The second-order valence-electron chi connectivity index (χ2n) is 3.10. The minimum atomic E-state index is -0.844. The number of amides is 1. The Morgan fingerprint density at radius 2 is 2.25 bits per heavy atom. The predicted molar refractivity (Wildman–Crippen MR) is 61.0 cm³/mol. The molecular weight excluding hydrogens is 230 g/mol. The highest BCUT2D eigenvalue weighted by Gasteiger charge is 2.10. The quantitative estimate of drug-likeness (QED) is 0.502. The maximum Gasteiger partial charge on any atom is 0.267 e. The fraction of sp³-hybridized carbons (Fsp3) is 0.333. The maximum atomic E-state index is 10.9. The number of aliphatic hydroxyl groups is 2. The SMILES string of the molecule is NC(=O)c1ccc(N)c(SCC(O)CO)n1. The molecule has 6 nitrogen and oxygen atoms in total. The van der Waals surface area contributed by atoms with E-state index in [9.17, 15) is 4.79 Å². The van der Waals surface area contributed by atoms with Gasteiger partial charge in [0.1, 0.15) is 10.7 Å². The summed E-state index contributed by atoms with van der Waals surface area (Å²) < 4.78 is 0. The number of nitrogen functional groups attached to an aromatic ring is 1. The van der Waals surface area contributed by atoms with Gasteiger partial charge in [-0.15, -0.1) is 11.8 Å². The monoisotopic (exact) mass is 243 g/mol. The number of thioether (sulfide) groups is 1. The van der Waals surface area contributed by atoms with E-state index < -0.39 is 12.0 Å². The molecule has 1 heterocycles. The zero-order valence-corrected chi connectivity index (χ0v) is 9.28. The second-order valence-corrected chi connectivity index (χ2v) is 4.11. The molecule has 0 fully saturated rings. The van der Waals surface area contributed by atoms with Crippen molar-refractivity contribution in [3.8, 4) is 0 Å². The topological polar surface area (TPSA) is 122 Å². The van der Waals surface area contributed by atoms with Gasteiger partial charge in [0.25, 0.3) is 5.91 Å². The van der Waals surface area contributed by atoms with Crippen LogP contribution in [0.2, 0.25) is 0 Å². The van der Waals surface area contributed by atoms with Crippen molar-refractivity contribution < 1.29 is 15.0 Å². The van der Waals surface area contributed by atoms with E-state index in [1.807, 2.05) is 0 Å². The Hall–Kier alpha value is -1.31. The molecule has 7 heteroatoms. The van der Waals surface area contributed by atoms with Crippen molar-refractivity contribution in [1.29, 1.82) is 0 Å². The lowest BCUT2D eigenvalue weighted by Crippen LogP contribution is -2.16. The van der Waals surface area contributed by atoms with Gasteiger partial charge in [0.15, 0.2) is 0 Å². The molecule has 0 aromatic carbocycles. The lowest BCUT2D eigenvalue weighted by Gasteiger charge is -2.08. The third kappa shape index (κ3) is 3.37. The van der Waals surface area contributed by atoms with E-state index >= 15 is 0 Å².